The number of piperazine rings is 1. The van der Waals surface area contributed by atoms with Gasteiger partial charge < -0.3 is 9.42 Å². The summed E-state index contributed by atoms with van der Waals surface area (Å²) < 4.78 is 5.37. The van der Waals surface area contributed by atoms with Crippen molar-refractivity contribution < 1.29 is 9.32 Å². The van der Waals surface area contributed by atoms with Gasteiger partial charge >= 0.3 is 0 Å². The Hall–Kier alpha value is -2.65. The van der Waals surface area contributed by atoms with Crippen molar-refractivity contribution >= 4 is 17.2 Å². The lowest BCUT2D eigenvalue weighted by Crippen LogP contribution is -2.49. The van der Waals surface area contributed by atoms with Crippen molar-refractivity contribution in [2.45, 2.75) is 33.1 Å². The highest BCUT2D eigenvalue weighted by Crippen LogP contribution is 2.21. The molecule has 0 radical (unpaired) electrons. The highest BCUT2D eigenvalue weighted by atomic mass is 32.1. The fraction of sp³-hybridized carbons (Fsp3) is 0.476. The van der Waals surface area contributed by atoms with Crippen molar-refractivity contribution in [3.63, 3.8) is 0 Å². The quantitative estimate of drug-likeness (QED) is 0.574. The lowest BCUT2D eigenvalue weighted by molar-refractivity contribution is 0.0633. The van der Waals surface area contributed by atoms with Crippen LogP contribution in [0.3, 0.4) is 0 Å². The van der Waals surface area contributed by atoms with E-state index in [1.165, 1.54) is 0 Å². The van der Waals surface area contributed by atoms with Crippen LogP contribution < -0.4 is 0 Å². The van der Waals surface area contributed by atoms with Crippen LogP contribution in [-0.2, 0) is 12.8 Å². The van der Waals surface area contributed by atoms with E-state index in [0.29, 0.717) is 23.1 Å². The molecule has 4 rings (SSSR count). The van der Waals surface area contributed by atoms with Crippen LogP contribution in [0.2, 0.25) is 0 Å². The number of aryl methyl sites for hydroxylation is 3. The molecule has 0 unspecified atom stereocenters. The van der Waals surface area contributed by atoms with Crippen LogP contribution in [-0.4, -0.2) is 68.5 Å². The molecule has 30 heavy (non-hydrogen) atoms. The summed E-state index contributed by atoms with van der Waals surface area (Å²) in [6.07, 6.45) is 4.11. The van der Waals surface area contributed by atoms with Gasteiger partial charge in [0, 0.05) is 38.8 Å². The third kappa shape index (κ3) is 4.73. The predicted octanol–water partition coefficient (Wildman–Crippen LogP) is 2.85. The van der Waals surface area contributed by atoms with Crippen molar-refractivity contribution in [3.8, 4) is 10.7 Å². The Morgan fingerprint density at radius 2 is 2.07 bits per heavy atom. The molecule has 0 atom stereocenters. The topological polar surface area (TPSA) is 88.3 Å². The van der Waals surface area contributed by atoms with Gasteiger partial charge in [-0.1, -0.05) is 18.1 Å². The Kier molecular flexibility index (Phi) is 6.49. The van der Waals surface area contributed by atoms with Crippen molar-refractivity contribution in [1.29, 1.82) is 0 Å². The number of thiophene rings is 1. The maximum Gasteiger partial charge on any atom is 0.257 e. The maximum absolute atomic E-state index is 12.9. The Morgan fingerprint density at radius 3 is 2.80 bits per heavy atom. The van der Waals surface area contributed by atoms with Crippen LogP contribution in [0, 0.1) is 6.92 Å². The highest BCUT2D eigenvalue weighted by Gasteiger charge is 2.24. The van der Waals surface area contributed by atoms with E-state index < -0.39 is 0 Å². The van der Waals surface area contributed by atoms with Crippen molar-refractivity contribution in [1.82, 2.24) is 29.9 Å². The molecule has 1 saturated heterocycles. The van der Waals surface area contributed by atoms with Gasteiger partial charge in [-0.05, 0) is 37.8 Å². The highest BCUT2D eigenvalue weighted by molar-refractivity contribution is 7.13. The molecule has 1 aliphatic heterocycles. The average Bonchev–Trinajstić information content (AvgIpc) is 3.46. The molecule has 0 spiro atoms. The van der Waals surface area contributed by atoms with E-state index in [1.807, 2.05) is 36.3 Å². The third-order valence-corrected chi connectivity index (χ3v) is 6.15. The van der Waals surface area contributed by atoms with Gasteiger partial charge in [-0.15, -0.1) is 11.3 Å². The van der Waals surface area contributed by atoms with Crippen molar-refractivity contribution in [3.05, 3.63) is 46.7 Å². The Labute approximate surface area is 179 Å². The number of aromatic nitrogens is 4. The zero-order chi connectivity index (χ0) is 20.9. The second-order valence-corrected chi connectivity index (χ2v) is 8.31. The SMILES string of the molecule is CCc1nc(C)ncc1C(=O)N1CCN(CCCc2nc(-c3cccs3)no2)CC1. The van der Waals surface area contributed by atoms with Crippen LogP contribution >= 0.6 is 11.3 Å². The van der Waals surface area contributed by atoms with Crippen LogP contribution in [0.4, 0.5) is 0 Å². The summed E-state index contributed by atoms with van der Waals surface area (Å²) in [5.41, 5.74) is 1.46. The molecule has 0 saturated carbocycles. The Balaban J connectivity index is 1.24. The molecule has 8 nitrogen and oxygen atoms in total. The second kappa shape index (κ2) is 9.44. The first-order valence-corrected chi connectivity index (χ1v) is 11.2. The van der Waals surface area contributed by atoms with Gasteiger partial charge in [-0.25, -0.2) is 9.97 Å². The molecular weight excluding hydrogens is 400 g/mol. The molecule has 158 valence electrons. The molecule has 1 aliphatic rings. The van der Waals surface area contributed by atoms with E-state index in [9.17, 15) is 4.79 Å². The van der Waals surface area contributed by atoms with Gasteiger partial charge in [-0.3, -0.25) is 9.69 Å². The van der Waals surface area contributed by atoms with E-state index >= 15 is 0 Å². The number of amides is 1. The van der Waals surface area contributed by atoms with E-state index in [4.69, 9.17) is 4.52 Å². The van der Waals surface area contributed by atoms with Gasteiger partial charge in [0.2, 0.25) is 11.7 Å². The number of nitrogens with zero attached hydrogens (tertiary/aromatic N) is 6. The molecule has 0 aliphatic carbocycles. The molecule has 3 aromatic rings. The van der Waals surface area contributed by atoms with Crippen LogP contribution in [0.15, 0.2) is 28.2 Å². The molecule has 1 amide bonds. The molecule has 0 bridgehead atoms. The largest absolute Gasteiger partial charge is 0.339 e. The predicted molar refractivity (Wildman–Crippen MR) is 114 cm³/mol. The molecule has 3 aromatic heterocycles. The first-order chi connectivity index (χ1) is 14.6. The fourth-order valence-corrected chi connectivity index (χ4v) is 4.28. The van der Waals surface area contributed by atoms with Crippen LogP contribution in [0.5, 0.6) is 0 Å². The van der Waals surface area contributed by atoms with Gasteiger partial charge in [0.1, 0.15) is 5.82 Å². The Bertz CT molecular complexity index is 979. The van der Waals surface area contributed by atoms with E-state index in [0.717, 1.165) is 62.6 Å². The van der Waals surface area contributed by atoms with Crippen molar-refractivity contribution in [2.75, 3.05) is 32.7 Å². The Morgan fingerprint density at radius 1 is 1.23 bits per heavy atom. The number of carbonyl (C=O) groups is 1. The maximum atomic E-state index is 12.9. The minimum atomic E-state index is 0.0402. The van der Waals surface area contributed by atoms with Crippen molar-refractivity contribution in [2.24, 2.45) is 0 Å². The van der Waals surface area contributed by atoms with Crippen LogP contribution in [0.25, 0.3) is 10.7 Å². The molecular formula is C21H26N6O2S. The second-order valence-electron chi connectivity index (χ2n) is 7.36. The summed E-state index contributed by atoms with van der Waals surface area (Å²) in [7, 11) is 0. The lowest BCUT2D eigenvalue weighted by atomic mass is 10.1. The van der Waals surface area contributed by atoms with Crippen LogP contribution in [0.1, 0.15) is 41.1 Å². The minimum absolute atomic E-state index is 0.0402. The molecule has 4 heterocycles. The fourth-order valence-electron chi connectivity index (χ4n) is 3.63. The zero-order valence-corrected chi connectivity index (χ0v) is 18.2. The van der Waals surface area contributed by atoms with E-state index in [1.54, 1.807) is 17.5 Å². The number of hydrogen-bond acceptors (Lipinski definition) is 8. The summed E-state index contributed by atoms with van der Waals surface area (Å²) in [6, 6.07) is 3.97. The average molecular weight is 427 g/mol. The lowest BCUT2D eigenvalue weighted by Gasteiger charge is -2.34. The molecule has 9 heteroatoms. The van der Waals surface area contributed by atoms with Gasteiger partial charge in [0.05, 0.1) is 16.1 Å². The standard InChI is InChI=1S/C21H26N6O2S/c1-3-17-16(14-22-15(2)23-17)21(28)27-11-9-26(10-12-27)8-4-7-19-24-20(25-29-19)18-6-5-13-30-18/h5-6,13-14H,3-4,7-12H2,1-2H3. The monoisotopic (exact) mass is 426 g/mol. The number of hydrogen-bond donors (Lipinski definition) is 0. The van der Waals surface area contributed by atoms with E-state index in [2.05, 4.69) is 25.0 Å². The van der Waals surface area contributed by atoms with Gasteiger partial charge in [-0.2, -0.15) is 4.98 Å². The van der Waals surface area contributed by atoms with E-state index in [-0.39, 0.29) is 5.91 Å². The zero-order valence-electron chi connectivity index (χ0n) is 17.4. The smallest absolute Gasteiger partial charge is 0.257 e. The normalized spacial score (nSPS) is 14.9. The minimum Gasteiger partial charge on any atom is -0.339 e. The summed E-state index contributed by atoms with van der Waals surface area (Å²) in [5.74, 6) is 2.09. The summed E-state index contributed by atoms with van der Waals surface area (Å²) in [4.78, 5) is 31.3. The first kappa shape index (κ1) is 20.6. The number of carbonyl (C=O) groups excluding carboxylic acids is 1. The summed E-state index contributed by atoms with van der Waals surface area (Å²) in [5, 5.41) is 6.06. The molecule has 0 aromatic carbocycles. The van der Waals surface area contributed by atoms with Gasteiger partial charge in [0.25, 0.3) is 5.91 Å². The third-order valence-electron chi connectivity index (χ3n) is 5.29. The molecule has 0 N–H and O–H groups in total. The molecule has 1 fully saturated rings. The van der Waals surface area contributed by atoms with Gasteiger partial charge in [0.15, 0.2) is 0 Å². The first-order valence-electron chi connectivity index (χ1n) is 10.3. The summed E-state index contributed by atoms with van der Waals surface area (Å²) in [6.45, 7) is 7.99. The summed E-state index contributed by atoms with van der Waals surface area (Å²) >= 11 is 1.61. The number of rotatable bonds is 7.